The van der Waals surface area contributed by atoms with E-state index in [4.69, 9.17) is 0 Å². The number of alkyl halides is 6. The van der Waals surface area contributed by atoms with Crippen LogP contribution in [0.4, 0.5) is 31.1 Å². The van der Waals surface area contributed by atoms with E-state index in [2.05, 4.69) is 10.3 Å². The number of allylic oxidation sites excluding steroid dienone is 1. The van der Waals surface area contributed by atoms with Gasteiger partial charge < -0.3 is 5.32 Å². The molecular formula is C21H21F6N3OS. The van der Waals surface area contributed by atoms with Crippen LogP contribution in [0.3, 0.4) is 0 Å². The number of aliphatic imine (C=N–C) groups is 1. The predicted molar refractivity (Wildman–Crippen MR) is 109 cm³/mol. The fourth-order valence-electron chi connectivity index (χ4n) is 4.89. The number of carbonyl (C=O) groups is 1. The maximum atomic E-state index is 13.5. The molecule has 4 rings (SSSR count). The highest BCUT2D eigenvalue weighted by molar-refractivity contribution is 8.18. The van der Waals surface area contributed by atoms with Crippen molar-refractivity contribution >= 4 is 22.8 Å². The zero-order valence-electron chi connectivity index (χ0n) is 17.1. The largest absolute Gasteiger partial charge is 0.416 e. The van der Waals surface area contributed by atoms with E-state index in [1.54, 1.807) is 7.05 Å². The lowest BCUT2D eigenvalue weighted by Crippen LogP contribution is -2.42. The van der Waals surface area contributed by atoms with E-state index < -0.39 is 23.5 Å². The van der Waals surface area contributed by atoms with E-state index in [9.17, 15) is 31.1 Å². The van der Waals surface area contributed by atoms with Gasteiger partial charge in [-0.1, -0.05) is 12.1 Å². The minimum atomic E-state index is -4.87. The van der Waals surface area contributed by atoms with E-state index in [0.29, 0.717) is 18.7 Å². The Morgan fingerprint density at radius 3 is 2.34 bits per heavy atom. The van der Waals surface area contributed by atoms with E-state index in [1.807, 2.05) is 11.0 Å². The number of nitrogens with zero attached hydrogens (tertiary/aromatic N) is 2. The molecule has 0 aromatic heterocycles. The third kappa shape index (κ3) is 4.68. The van der Waals surface area contributed by atoms with Gasteiger partial charge >= 0.3 is 12.4 Å². The summed E-state index contributed by atoms with van der Waals surface area (Å²) in [5, 5.41) is 2.47. The summed E-state index contributed by atoms with van der Waals surface area (Å²) in [6.45, 7) is -0.0396. The smallest absolute Gasteiger partial charge is 0.300 e. The molecule has 1 N–H and O–H groups in total. The lowest BCUT2D eigenvalue weighted by molar-refractivity contribution is -0.143. The Bertz CT molecular complexity index is 957. The molecule has 174 valence electrons. The van der Waals surface area contributed by atoms with Crippen LogP contribution >= 0.6 is 11.8 Å². The lowest BCUT2D eigenvalue weighted by atomic mass is 9.89. The topological polar surface area (TPSA) is 44.7 Å². The van der Waals surface area contributed by atoms with Crippen molar-refractivity contribution in [3.8, 4) is 0 Å². The fraction of sp³-hybridized carbons (Fsp3) is 0.524. The van der Waals surface area contributed by atoms with Gasteiger partial charge in [-0.05, 0) is 61.1 Å². The van der Waals surface area contributed by atoms with Crippen LogP contribution in [-0.4, -0.2) is 35.1 Å². The predicted octanol–water partition coefficient (Wildman–Crippen LogP) is 5.84. The molecule has 3 aliphatic rings. The molecule has 3 heterocycles. The van der Waals surface area contributed by atoms with Crippen LogP contribution in [0.25, 0.3) is 0 Å². The van der Waals surface area contributed by atoms with E-state index in [1.165, 1.54) is 0 Å². The van der Waals surface area contributed by atoms with Gasteiger partial charge in [-0.15, -0.1) is 0 Å². The number of hydrogen-bond donors (Lipinski definition) is 1. The van der Waals surface area contributed by atoms with Crippen molar-refractivity contribution in [2.75, 3.05) is 7.05 Å². The molecule has 0 radical (unpaired) electrons. The second-order valence-electron chi connectivity index (χ2n) is 8.27. The van der Waals surface area contributed by atoms with Gasteiger partial charge in [0, 0.05) is 25.7 Å². The third-order valence-electron chi connectivity index (χ3n) is 6.28. The van der Waals surface area contributed by atoms with Crippen molar-refractivity contribution < 1.29 is 31.1 Å². The first-order valence-corrected chi connectivity index (χ1v) is 11.0. The first-order valence-electron chi connectivity index (χ1n) is 10.2. The van der Waals surface area contributed by atoms with Gasteiger partial charge in [0.25, 0.3) is 5.24 Å². The summed E-state index contributed by atoms with van der Waals surface area (Å²) in [7, 11) is 1.59. The monoisotopic (exact) mass is 477 g/mol. The van der Waals surface area contributed by atoms with Gasteiger partial charge in [0.1, 0.15) is 5.84 Å². The van der Waals surface area contributed by atoms with Gasteiger partial charge in [-0.3, -0.25) is 14.7 Å². The maximum absolute atomic E-state index is 13.5. The molecule has 11 heteroatoms. The van der Waals surface area contributed by atoms with E-state index >= 15 is 0 Å². The normalized spacial score (nSPS) is 29.2. The fourth-order valence-corrected chi connectivity index (χ4v) is 5.73. The number of thioether (sulfide) groups is 1. The molecule has 1 aromatic rings. The molecule has 1 aromatic carbocycles. The van der Waals surface area contributed by atoms with Crippen LogP contribution < -0.4 is 5.32 Å². The number of piperidine rings is 1. The summed E-state index contributed by atoms with van der Waals surface area (Å²) in [6.07, 6.45) is -4.61. The third-order valence-corrected chi connectivity index (χ3v) is 7.12. The molecule has 0 aliphatic carbocycles. The van der Waals surface area contributed by atoms with Crippen molar-refractivity contribution in [2.24, 2.45) is 10.9 Å². The number of carbonyl (C=O) groups excluding carboxylic acids is 1. The number of hydrogen-bond acceptors (Lipinski definition) is 4. The quantitative estimate of drug-likeness (QED) is 0.557. The van der Waals surface area contributed by atoms with Crippen LogP contribution in [-0.2, 0) is 18.9 Å². The summed E-state index contributed by atoms with van der Waals surface area (Å²) < 4.78 is 79.4. The molecule has 2 atom stereocenters. The number of amides is 1. The number of amidine groups is 1. The molecule has 1 amide bonds. The highest BCUT2D eigenvalue weighted by atomic mass is 32.2. The summed E-state index contributed by atoms with van der Waals surface area (Å²) in [5.41, 5.74) is -2.67. The van der Waals surface area contributed by atoms with E-state index in [0.717, 1.165) is 41.6 Å². The summed E-state index contributed by atoms with van der Waals surface area (Å²) in [5.74, 6) is 0.680. The van der Waals surface area contributed by atoms with E-state index in [-0.39, 0.29) is 41.4 Å². The number of halogens is 6. The molecule has 2 bridgehead atoms. The van der Waals surface area contributed by atoms with Crippen molar-refractivity contribution in [1.29, 1.82) is 0 Å². The van der Waals surface area contributed by atoms with Gasteiger partial charge in [-0.2, -0.15) is 26.3 Å². The maximum Gasteiger partial charge on any atom is 0.416 e. The molecule has 0 saturated carbocycles. The Labute approximate surface area is 185 Å². The van der Waals surface area contributed by atoms with Gasteiger partial charge in [-0.25, -0.2) is 0 Å². The number of nitrogens with one attached hydrogen (secondary N) is 1. The Morgan fingerprint density at radius 2 is 1.78 bits per heavy atom. The van der Waals surface area contributed by atoms with Gasteiger partial charge in [0.2, 0.25) is 0 Å². The Kier molecular flexibility index (Phi) is 6.08. The number of fused-ring (bicyclic) bond motifs is 2. The standard InChI is InChI=1S/C21H21F6N3OS/c1-28-18-17(32-19(31)29-18)8-11-6-14-4-5-15(7-11)30(14)10-12-2-3-13(20(22,23)24)9-16(12)21(25,26)27/h2-3,8-9,11,14-15H,4-7,10H2,1H3,(H,28,29,31). The van der Waals surface area contributed by atoms with Gasteiger partial charge in [0.05, 0.1) is 16.0 Å². The first kappa shape index (κ1) is 23.2. The SMILES string of the molecule is CN=C1NC(=O)SC1=CC1CC2CCC(C1)N2Cc1ccc(C(F)(F)F)cc1C(F)(F)F. The second-order valence-corrected chi connectivity index (χ2v) is 9.29. The Balaban J connectivity index is 1.53. The average molecular weight is 477 g/mol. The minimum absolute atomic E-state index is 0.0380. The van der Waals surface area contributed by atoms with Crippen LogP contribution in [0, 0.1) is 5.92 Å². The molecule has 4 nitrogen and oxygen atoms in total. The van der Waals surface area contributed by atoms with Crippen molar-refractivity contribution in [1.82, 2.24) is 10.2 Å². The summed E-state index contributed by atoms with van der Waals surface area (Å²) >= 11 is 1.08. The van der Waals surface area contributed by atoms with Crippen molar-refractivity contribution in [2.45, 2.75) is 56.7 Å². The highest BCUT2D eigenvalue weighted by Gasteiger charge is 2.43. The van der Waals surface area contributed by atoms with Crippen LogP contribution in [0.2, 0.25) is 0 Å². The summed E-state index contributed by atoms with van der Waals surface area (Å²) in [6, 6.07) is 1.96. The van der Waals surface area contributed by atoms with Crippen molar-refractivity contribution in [3.05, 3.63) is 45.9 Å². The molecule has 32 heavy (non-hydrogen) atoms. The molecule has 3 saturated heterocycles. The highest BCUT2D eigenvalue weighted by Crippen LogP contribution is 2.43. The molecule has 3 aliphatic heterocycles. The first-order chi connectivity index (χ1) is 15.0. The lowest BCUT2D eigenvalue weighted by Gasteiger charge is -2.38. The number of benzene rings is 1. The molecule has 0 spiro atoms. The number of rotatable bonds is 3. The van der Waals surface area contributed by atoms with Crippen LogP contribution in [0.1, 0.15) is 42.4 Å². The van der Waals surface area contributed by atoms with Crippen molar-refractivity contribution in [3.63, 3.8) is 0 Å². The second kappa shape index (κ2) is 8.40. The zero-order valence-corrected chi connectivity index (χ0v) is 17.9. The Hall–Kier alpha value is -2.01. The molecule has 3 fully saturated rings. The van der Waals surface area contributed by atoms with Crippen LogP contribution in [0.5, 0.6) is 0 Å². The Morgan fingerprint density at radius 1 is 1.12 bits per heavy atom. The molecular weight excluding hydrogens is 456 g/mol. The molecule has 2 unspecified atom stereocenters. The van der Waals surface area contributed by atoms with Crippen LogP contribution in [0.15, 0.2) is 34.2 Å². The minimum Gasteiger partial charge on any atom is -0.300 e. The average Bonchev–Trinajstić information content (AvgIpc) is 3.15. The zero-order chi connectivity index (χ0) is 23.3. The summed E-state index contributed by atoms with van der Waals surface area (Å²) in [4.78, 5) is 18.4. The van der Waals surface area contributed by atoms with Gasteiger partial charge in [0.15, 0.2) is 0 Å².